The first-order chi connectivity index (χ1) is 9.91. The highest BCUT2D eigenvalue weighted by atomic mass is 32.2. The topological polar surface area (TPSA) is 25.2 Å². The molecule has 0 bridgehead atoms. The lowest BCUT2D eigenvalue weighted by molar-refractivity contribution is -0.139. The molecule has 1 heterocycles. The van der Waals surface area contributed by atoms with Crippen LogP contribution in [0.3, 0.4) is 0 Å². The minimum Gasteiger partial charge on any atom is -0.468 e. The first-order valence-electron chi connectivity index (χ1n) is 6.54. The third kappa shape index (κ3) is 4.04. The summed E-state index contributed by atoms with van der Waals surface area (Å²) in [4.78, 5) is 0.882. The van der Waals surface area contributed by atoms with Crippen molar-refractivity contribution in [2.24, 2.45) is 0 Å². The van der Waals surface area contributed by atoms with Crippen molar-refractivity contribution in [2.45, 2.75) is 36.4 Å². The average molecular weight is 315 g/mol. The number of aryl methyl sites for hydroxylation is 1. The second-order valence-corrected chi connectivity index (χ2v) is 5.64. The Hall–Kier alpha value is -1.40. The predicted molar refractivity (Wildman–Crippen MR) is 76.4 cm³/mol. The van der Waals surface area contributed by atoms with Gasteiger partial charge in [-0.2, -0.15) is 13.2 Å². The van der Waals surface area contributed by atoms with E-state index >= 15 is 0 Å². The molecule has 2 nitrogen and oxygen atoms in total. The number of nitrogens with one attached hydrogen (secondary N) is 1. The highest BCUT2D eigenvalue weighted by molar-refractivity contribution is 7.99. The van der Waals surface area contributed by atoms with Crippen LogP contribution in [0.1, 0.15) is 23.8 Å². The maximum absolute atomic E-state index is 13.2. The maximum Gasteiger partial charge on any atom is 0.417 e. The fraction of sp³-hybridized carbons (Fsp3) is 0.333. The summed E-state index contributed by atoms with van der Waals surface area (Å²) in [5.74, 6) is 0.616. The number of hydrogen-bond donors (Lipinski definition) is 1. The Morgan fingerprint density at radius 1 is 1.19 bits per heavy atom. The second kappa shape index (κ2) is 6.58. The SMILES string of the molecule is CCNCc1ccc(Sc2ccoc2C)c(C(F)(F)F)c1. The van der Waals surface area contributed by atoms with Crippen LogP contribution in [0, 0.1) is 6.92 Å². The van der Waals surface area contributed by atoms with E-state index in [-0.39, 0.29) is 4.90 Å². The van der Waals surface area contributed by atoms with Crippen LogP contribution in [0.25, 0.3) is 0 Å². The van der Waals surface area contributed by atoms with Crippen molar-refractivity contribution in [3.05, 3.63) is 47.4 Å². The third-order valence-electron chi connectivity index (χ3n) is 2.96. The number of furan rings is 1. The molecule has 0 amide bonds. The molecule has 0 fully saturated rings. The van der Waals surface area contributed by atoms with E-state index < -0.39 is 11.7 Å². The Bertz CT molecular complexity index is 607. The van der Waals surface area contributed by atoms with Gasteiger partial charge in [0.2, 0.25) is 0 Å². The lowest BCUT2D eigenvalue weighted by atomic mass is 10.1. The largest absolute Gasteiger partial charge is 0.468 e. The van der Waals surface area contributed by atoms with Crippen molar-refractivity contribution < 1.29 is 17.6 Å². The van der Waals surface area contributed by atoms with Crippen LogP contribution in [0.4, 0.5) is 13.2 Å². The molecule has 21 heavy (non-hydrogen) atoms. The Labute approximate surface area is 125 Å². The van der Waals surface area contributed by atoms with Gasteiger partial charge in [0.25, 0.3) is 0 Å². The molecule has 0 spiro atoms. The monoisotopic (exact) mass is 315 g/mol. The molecule has 0 saturated heterocycles. The molecule has 0 aliphatic carbocycles. The number of hydrogen-bond acceptors (Lipinski definition) is 3. The quantitative estimate of drug-likeness (QED) is 0.852. The van der Waals surface area contributed by atoms with Gasteiger partial charge in [-0.1, -0.05) is 24.8 Å². The standard InChI is InChI=1S/C15H16F3NOS/c1-3-19-9-11-4-5-14(12(8-11)15(16,17)18)21-13-6-7-20-10(13)2/h4-8,19H,3,9H2,1-2H3. The van der Waals surface area contributed by atoms with Crippen molar-refractivity contribution in [3.8, 4) is 0 Å². The van der Waals surface area contributed by atoms with Crippen molar-refractivity contribution in [1.82, 2.24) is 5.32 Å². The zero-order valence-corrected chi connectivity index (χ0v) is 12.6. The van der Waals surface area contributed by atoms with Gasteiger partial charge in [-0.25, -0.2) is 0 Å². The summed E-state index contributed by atoms with van der Waals surface area (Å²) in [6, 6.07) is 6.12. The fourth-order valence-corrected chi connectivity index (χ4v) is 2.84. The van der Waals surface area contributed by atoms with Gasteiger partial charge in [0.05, 0.1) is 16.7 Å². The van der Waals surface area contributed by atoms with E-state index in [0.717, 1.165) is 11.8 Å². The number of halogens is 3. The summed E-state index contributed by atoms with van der Waals surface area (Å²) >= 11 is 1.07. The van der Waals surface area contributed by atoms with E-state index in [1.165, 1.54) is 18.4 Å². The van der Waals surface area contributed by atoms with Crippen molar-refractivity contribution in [3.63, 3.8) is 0 Å². The summed E-state index contributed by atoms with van der Waals surface area (Å²) in [5.41, 5.74) is 0.0148. The van der Waals surface area contributed by atoms with E-state index in [1.807, 2.05) is 6.92 Å². The normalized spacial score (nSPS) is 11.9. The lowest BCUT2D eigenvalue weighted by Crippen LogP contribution is -2.13. The zero-order chi connectivity index (χ0) is 15.5. The first-order valence-corrected chi connectivity index (χ1v) is 7.36. The first kappa shape index (κ1) is 16.0. The lowest BCUT2D eigenvalue weighted by Gasteiger charge is -2.14. The molecule has 0 aliphatic rings. The molecule has 0 aliphatic heterocycles. The van der Waals surface area contributed by atoms with Crippen LogP contribution in [0.15, 0.2) is 44.7 Å². The van der Waals surface area contributed by atoms with Crippen LogP contribution < -0.4 is 5.32 Å². The molecule has 6 heteroatoms. The van der Waals surface area contributed by atoms with E-state index in [4.69, 9.17) is 4.42 Å². The van der Waals surface area contributed by atoms with Gasteiger partial charge in [-0.05, 0) is 37.2 Å². The van der Waals surface area contributed by atoms with Crippen LogP contribution in [0.5, 0.6) is 0 Å². The van der Waals surface area contributed by atoms with Crippen molar-refractivity contribution in [1.29, 1.82) is 0 Å². The van der Waals surface area contributed by atoms with Crippen LogP contribution >= 0.6 is 11.8 Å². The highest BCUT2D eigenvalue weighted by Gasteiger charge is 2.34. The van der Waals surface area contributed by atoms with E-state index in [9.17, 15) is 13.2 Å². The van der Waals surface area contributed by atoms with Gasteiger partial charge in [-0.15, -0.1) is 0 Å². The molecule has 0 atom stereocenters. The molecule has 1 N–H and O–H groups in total. The summed E-state index contributed by atoms with van der Waals surface area (Å²) in [7, 11) is 0. The summed E-state index contributed by atoms with van der Waals surface area (Å²) in [6.07, 6.45) is -2.90. The molecule has 0 radical (unpaired) electrons. The number of benzene rings is 1. The highest BCUT2D eigenvalue weighted by Crippen LogP contribution is 2.41. The van der Waals surface area contributed by atoms with Crippen molar-refractivity contribution >= 4 is 11.8 Å². The Balaban J connectivity index is 2.33. The van der Waals surface area contributed by atoms with Gasteiger partial charge in [-0.3, -0.25) is 0 Å². The molecule has 0 unspecified atom stereocenters. The third-order valence-corrected chi connectivity index (χ3v) is 4.18. The van der Waals surface area contributed by atoms with Gasteiger partial charge in [0.1, 0.15) is 5.76 Å². The smallest absolute Gasteiger partial charge is 0.417 e. The van der Waals surface area contributed by atoms with Gasteiger partial charge >= 0.3 is 6.18 Å². The number of alkyl halides is 3. The second-order valence-electron chi connectivity index (χ2n) is 4.55. The summed E-state index contributed by atoms with van der Waals surface area (Å²) in [5, 5.41) is 3.03. The molecule has 1 aromatic carbocycles. The fourth-order valence-electron chi connectivity index (χ4n) is 1.86. The van der Waals surface area contributed by atoms with E-state index in [2.05, 4.69) is 5.32 Å². The van der Waals surface area contributed by atoms with Gasteiger partial charge in [0, 0.05) is 11.4 Å². The van der Waals surface area contributed by atoms with E-state index in [1.54, 1.807) is 19.1 Å². The minimum atomic E-state index is -4.37. The Morgan fingerprint density at radius 2 is 1.95 bits per heavy atom. The maximum atomic E-state index is 13.2. The van der Waals surface area contributed by atoms with Gasteiger partial charge < -0.3 is 9.73 Å². The summed E-state index contributed by atoms with van der Waals surface area (Å²) < 4.78 is 44.8. The van der Waals surface area contributed by atoms with Crippen LogP contribution in [-0.4, -0.2) is 6.54 Å². The predicted octanol–water partition coefficient (Wildman–Crippen LogP) is 4.87. The zero-order valence-electron chi connectivity index (χ0n) is 11.8. The molecule has 2 rings (SSSR count). The molecule has 2 aromatic rings. The Kier molecular flexibility index (Phi) is 5.00. The molecular formula is C15H16F3NOS. The van der Waals surface area contributed by atoms with Gasteiger partial charge in [0.15, 0.2) is 0 Å². The molecule has 114 valence electrons. The van der Waals surface area contributed by atoms with Crippen molar-refractivity contribution in [2.75, 3.05) is 6.54 Å². The summed E-state index contributed by atoms with van der Waals surface area (Å²) in [6.45, 7) is 4.78. The molecule has 1 aromatic heterocycles. The van der Waals surface area contributed by atoms with Crippen LogP contribution in [0.2, 0.25) is 0 Å². The Morgan fingerprint density at radius 3 is 2.52 bits per heavy atom. The number of rotatable bonds is 5. The van der Waals surface area contributed by atoms with Crippen LogP contribution in [-0.2, 0) is 12.7 Å². The minimum absolute atomic E-state index is 0.187. The molecular weight excluding hydrogens is 299 g/mol. The average Bonchev–Trinajstić information content (AvgIpc) is 2.82. The van der Waals surface area contributed by atoms with E-state index in [0.29, 0.717) is 29.3 Å². The molecule has 0 saturated carbocycles.